The van der Waals surface area contributed by atoms with Gasteiger partial charge in [0.2, 0.25) is 0 Å². The average Bonchev–Trinajstić information content (AvgIpc) is 2.81. The molecular formula is C13H19Cl2N3OS. The lowest BCUT2D eigenvalue weighted by Gasteiger charge is -2.31. The molecule has 1 aliphatic heterocycles. The lowest BCUT2D eigenvalue weighted by atomic mass is 10.3. The molecule has 0 radical (unpaired) electrons. The van der Waals surface area contributed by atoms with E-state index in [9.17, 15) is 0 Å². The van der Waals surface area contributed by atoms with Gasteiger partial charge in [-0.25, -0.2) is 4.98 Å². The molecule has 1 aromatic carbocycles. The van der Waals surface area contributed by atoms with Gasteiger partial charge in [-0.2, -0.15) is 0 Å². The normalized spacial score (nSPS) is 19.4. The van der Waals surface area contributed by atoms with Crippen LogP contribution < -0.4 is 5.73 Å². The van der Waals surface area contributed by atoms with E-state index in [-0.39, 0.29) is 30.9 Å². The first-order valence-electron chi connectivity index (χ1n) is 6.23. The number of hydrogen-bond donors (Lipinski definition) is 1. The van der Waals surface area contributed by atoms with Crippen molar-refractivity contribution in [3.8, 4) is 0 Å². The smallest absolute Gasteiger partial charge is 0.108 e. The predicted octanol–water partition coefficient (Wildman–Crippen LogP) is 2.30. The standard InChI is InChI=1S/C13H17N3OS.2ClH/c14-7-10-8-16(5-6-17-10)9-13-15-11-3-1-2-4-12(11)18-13;;/h1-4,10H,5-9,14H2;2*1H. The number of ether oxygens (including phenoxy) is 1. The SMILES string of the molecule is Cl.Cl.NCC1CN(Cc2nc3ccccc3s2)CCO1. The Labute approximate surface area is 135 Å². The molecule has 0 spiro atoms. The van der Waals surface area contributed by atoms with E-state index in [4.69, 9.17) is 10.5 Å². The van der Waals surface area contributed by atoms with Gasteiger partial charge in [-0.3, -0.25) is 4.90 Å². The number of benzene rings is 1. The van der Waals surface area contributed by atoms with Gasteiger partial charge in [0.15, 0.2) is 0 Å². The lowest BCUT2D eigenvalue weighted by Crippen LogP contribution is -2.45. The molecule has 0 aliphatic carbocycles. The molecule has 0 amide bonds. The molecule has 0 bridgehead atoms. The minimum Gasteiger partial charge on any atom is -0.374 e. The van der Waals surface area contributed by atoms with Crippen molar-refractivity contribution in [2.45, 2.75) is 12.6 Å². The molecule has 4 nitrogen and oxygen atoms in total. The van der Waals surface area contributed by atoms with E-state index < -0.39 is 0 Å². The zero-order valence-electron chi connectivity index (χ0n) is 11.0. The topological polar surface area (TPSA) is 51.4 Å². The monoisotopic (exact) mass is 335 g/mol. The Morgan fingerprint density at radius 1 is 1.35 bits per heavy atom. The summed E-state index contributed by atoms with van der Waals surface area (Å²) < 4.78 is 6.83. The van der Waals surface area contributed by atoms with Crippen LogP contribution in [0.25, 0.3) is 10.2 Å². The van der Waals surface area contributed by atoms with E-state index in [0.717, 1.165) is 31.8 Å². The van der Waals surface area contributed by atoms with Gasteiger partial charge in [0.25, 0.3) is 0 Å². The molecule has 1 aromatic heterocycles. The summed E-state index contributed by atoms with van der Waals surface area (Å²) in [5, 5.41) is 1.17. The van der Waals surface area contributed by atoms with Crippen LogP contribution in [0.2, 0.25) is 0 Å². The number of rotatable bonds is 3. The number of thiazole rings is 1. The summed E-state index contributed by atoms with van der Waals surface area (Å²) in [5.41, 5.74) is 6.75. The van der Waals surface area contributed by atoms with Crippen molar-refractivity contribution in [2.75, 3.05) is 26.2 Å². The van der Waals surface area contributed by atoms with Crippen LogP contribution in [0.5, 0.6) is 0 Å². The average molecular weight is 336 g/mol. The number of nitrogens with two attached hydrogens (primary N) is 1. The molecule has 20 heavy (non-hydrogen) atoms. The van der Waals surface area contributed by atoms with Crippen molar-refractivity contribution >= 4 is 46.4 Å². The van der Waals surface area contributed by atoms with Crippen molar-refractivity contribution < 1.29 is 4.74 Å². The fourth-order valence-corrected chi connectivity index (χ4v) is 3.26. The Kier molecular flexibility index (Phi) is 7.15. The van der Waals surface area contributed by atoms with Gasteiger partial charge in [-0.15, -0.1) is 36.2 Å². The summed E-state index contributed by atoms with van der Waals surface area (Å²) in [7, 11) is 0. The summed E-state index contributed by atoms with van der Waals surface area (Å²) in [5.74, 6) is 0. The first kappa shape index (κ1) is 17.6. The maximum atomic E-state index is 5.66. The van der Waals surface area contributed by atoms with Crippen LogP contribution in [0.4, 0.5) is 0 Å². The molecule has 0 saturated carbocycles. The predicted molar refractivity (Wildman–Crippen MR) is 88.2 cm³/mol. The number of morpholine rings is 1. The van der Waals surface area contributed by atoms with E-state index in [2.05, 4.69) is 28.1 Å². The number of nitrogens with zero attached hydrogens (tertiary/aromatic N) is 2. The van der Waals surface area contributed by atoms with E-state index in [1.165, 1.54) is 9.71 Å². The van der Waals surface area contributed by atoms with Crippen molar-refractivity contribution in [3.63, 3.8) is 0 Å². The second-order valence-electron chi connectivity index (χ2n) is 4.54. The van der Waals surface area contributed by atoms with Gasteiger partial charge >= 0.3 is 0 Å². The van der Waals surface area contributed by atoms with Crippen LogP contribution in [0.1, 0.15) is 5.01 Å². The Morgan fingerprint density at radius 2 is 2.15 bits per heavy atom. The second-order valence-corrected chi connectivity index (χ2v) is 5.65. The van der Waals surface area contributed by atoms with Crippen molar-refractivity contribution in [1.29, 1.82) is 0 Å². The van der Waals surface area contributed by atoms with Crippen LogP contribution in [0.3, 0.4) is 0 Å². The highest BCUT2D eigenvalue weighted by atomic mass is 35.5. The molecular weight excluding hydrogens is 317 g/mol. The molecule has 2 N–H and O–H groups in total. The molecule has 112 valence electrons. The fraction of sp³-hybridized carbons (Fsp3) is 0.462. The Hall–Kier alpha value is -0.430. The molecule has 1 aliphatic rings. The highest BCUT2D eigenvalue weighted by Crippen LogP contribution is 2.23. The summed E-state index contributed by atoms with van der Waals surface area (Å²) in [6.45, 7) is 4.14. The van der Waals surface area contributed by atoms with Gasteiger partial charge in [0, 0.05) is 19.6 Å². The summed E-state index contributed by atoms with van der Waals surface area (Å²) >= 11 is 1.77. The second kappa shape index (κ2) is 8.12. The maximum absolute atomic E-state index is 5.66. The van der Waals surface area contributed by atoms with Crippen LogP contribution in [-0.4, -0.2) is 42.2 Å². The molecule has 3 rings (SSSR count). The summed E-state index contributed by atoms with van der Waals surface area (Å²) in [4.78, 5) is 7.04. The van der Waals surface area contributed by atoms with Gasteiger partial charge in [-0.1, -0.05) is 12.1 Å². The van der Waals surface area contributed by atoms with Crippen LogP contribution in [0, 0.1) is 0 Å². The van der Waals surface area contributed by atoms with E-state index in [1.807, 2.05) is 6.07 Å². The highest BCUT2D eigenvalue weighted by Gasteiger charge is 2.20. The largest absolute Gasteiger partial charge is 0.374 e. The third kappa shape index (κ3) is 4.04. The van der Waals surface area contributed by atoms with Gasteiger partial charge in [0.05, 0.1) is 29.5 Å². The molecule has 1 saturated heterocycles. The lowest BCUT2D eigenvalue weighted by molar-refractivity contribution is -0.0260. The Bertz CT molecular complexity index is 504. The Morgan fingerprint density at radius 3 is 2.90 bits per heavy atom. The number of para-hydroxylation sites is 1. The highest BCUT2D eigenvalue weighted by molar-refractivity contribution is 7.18. The maximum Gasteiger partial charge on any atom is 0.108 e. The van der Waals surface area contributed by atoms with Crippen molar-refractivity contribution in [1.82, 2.24) is 9.88 Å². The van der Waals surface area contributed by atoms with Gasteiger partial charge < -0.3 is 10.5 Å². The van der Waals surface area contributed by atoms with Crippen LogP contribution in [0.15, 0.2) is 24.3 Å². The first-order chi connectivity index (χ1) is 8.85. The van der Waals surface area contributed by atoms with E-state index >= 15 is 0 Å². The van der Waals surface area contributed by atoms with Crippen LogP contribution >= 0.6 is 36.2 Å². The molecule has 7 heteroatoms. The molecule has 1 atom stereocenters. The molecule has 1 fully saturated rings. The third-order valence-corrected chi connectivity index (χ3v) is 4.20. The van der Waals surface area contributed by atoms with E-state index in [0.29, 0.717) is 6.54 Å². The Balaban J connectivity index is 0.000001000. The summed E-state index contributed by atoms with van der Waals surface area (Å²) in [6, 6.07) is 8.28. The third-order valence-electron chi connectivity index (χ3n) is 3.18. The van der Waals surface area contributed by atoms with Gasteiger partial charge in [0.1, 0.15) is 5.01 Å². The molecule has 1 unspecified atom stereocenters. The zero-order chi connectivity index (χ0) is 12.4. The van der Waals surface area contributed by atoms with Crippen molar-refractivity contribution in [2.24, 2.45) is 5.73 Å². The number of halogens is 2. The fourth-order valence-electron chi connectivity index (χ4n) is 2.25. The van der Waals surface area contributed by atoms with Crippen LogP contribution in [-0.2, 0) is 11.3 Å². The summed E-state index contributed by atoms with van der Waals surface area (Å²) in [6.07, 6.45) is 0.174. The number of hydrogen-bond acceptors (Lipinski definition) is 5. The molecule has 2 aromatic rings. The zero-order valence-corrected chi connectivity index (χ0v) is 13.5. The van der Waals surface area contributed by atoms with Crippen molar-refractivity contribution in [3.05, 3.63) is 29.3 Å². The minimum atomic E-state index is 0. The number of aromatic nitrogens is 1. The van der Waals surface area contributed by atoms with Gasteiger partial charge in [-0.05, 0) is 12.1 Å². The first-order valence-corrected chi connectivity index (χ1v) is 7.05. The van der Waals surface area contributed by atoms with E-state index in [1.54, 1.807) is 11.3 Å². The molecule has 2 heterocycles. The quantitative estimate of drug-likeness (QED) is 0.934. The minimum absolute atomic E-state index is 0. The number of fused-ring (bicyclic) bond motifs is 1.